The zero-order valence-electron chi connectivity index (χ0n) is 12.5. The summed E-state index contributed by atoms with van der Waals surface area (Å²) in [6.07, 6.45) is 1.41. The first kappa shape index (κ1) is 14.6. The first-order chi connectivity index (χ1) is 11.1. The number of Topliss-reactive ketones (excluding diaryl/α,β-unsaturated/α-hetero) is 1. The molecule has 1 spiro atoms. The number of thioether (sulfide) groups is 1. The lowest BCUT2D eigenvalue weighted by Crippen LogP contribution is -2.47. The Morgan fingerprint density at radius 1 is 1.39 bits per heavy atom. The maximum Gasteiger partial charge on any atom is 0.325 e. The van der Waals surface area contributed by atoms with Crippen LogP contribution in [-0.2, 0) is 11.2 Å². The number of carbonyl (C=O) groups excluding carboxylic acids is 3. The molecular formula is C16H16N2O4S. The molecule has 4 rings (SSSR count). The van der Waals surface area contributed by atoms with Crippen molar-refractivity contribution in [1.29, 1.82) is 0 Å². The number of hydrogen-bond acceptors (Lipinski definition) is 5. The van der Waals surface area contributed by atoms with E-state index in [2.05, 4.69) is 5.32 Å². The molecule has 120 valence electrons. The van der Waals surface area contributed by atoms with Gasteiger partial charge in [0.25, 0.3) is 5.91 Å². The highest BCUT2D eigenvalue weighted by Gasteiger charge is 2.53. The van der Waals surface area contributed by atoms with Gasteiger partial charge in [-0.3, -0.25) is 14.5 Å². The highest BCUT2D eigenvalue weighted by Crippen LogP contribution is 2.33. The SMILES string of the molecule is O=C(CN1C(=O)N[C@]2(CCSC2)C1=O)c1ccc2c(c1)CCO2. The minimum absolute atomic E-state index is 0.212. The van der Waals surface area contributed by atoms with Crippen LogP contribution in [0.5, 0.6) is 5.75 Å². The zero-order valence-corrected chi connectivity index (χ0v) is 13.3. The maximum absolute atomic E-state index is 12.6. The molecule has 7 heteroatoms. The summed E-state index contributed by atoms with van der Waals surface area (Å²) in [6.45, 7) is 0.414. The summed E-state index contributed by atoms with van der Waals surface area (Å²) in [5.41, 5.74) is 0.710. The number of hydrogen-bond donors (Lipinski definition) is 1. The molecule has 0 saturated carbocycles. The van der Waals surface area contributed by atoms with Crippen molar-refractivity contribution in [3.05, 3.63) is 29.3 Å². The van der Waals surface area contributed by atoms with E-state index < -0.39 is 11.6 Å². The molecule has 3 aliphatic rings. The van der Waals surface area contributed by atoms with Crippen LogP contribution >= 0.6 is 11.8 Å². The third-order valence-corrected chi connectivity index (χ3v) is 5.77. The molecule has 0 aromatic heterocycles. The maximum atomic E-state index is 12.6. The second-order valence-corrected chi connectivity index (χ2v) is 7.16. The first-order valence-electron chi connectivity index (χ1n) is 7.60. The highest BCUT2D eigenvalue weighted by atomic mass is 32.2. The molecule has 6 nitrogen and oxygen atoms in total. The van der Waals surface area contributed by atoms with Crippen LogP contribution in [0.3, 0.4) is 0 Å². The number of fused-ring (bicyclic) bond motifs is 1. The first-order valence-corrected chi connectivity index (χ1v) is 8.75. The van der Waals surface area contributed by atoms with Crippen molar-refractivity contribution in [3.8, 4) is 5.75 Å². The van der Waals surface area contributed by atoms with Crippen LogP contribution in [0.15, 0.2) is 18.2 Å². The van der Waals surface area contributed by atoms with E-state index in [0.29, 0.717) is 24.3 Å². The molecule has 3 aliphatic heterocycles. The van der Waals surface area contributed by atoms with E-state index in [9.17, 15) is 14.4 Å². The average Bonchev–Trinajstić information content (AvgIpc) is 3.24. The number of carbonyl (C=O) groups is 3. The summed E-state index contributed by atoms with van der Waals surface area (Å²) >= 11 is 1.65. The Hall–Kier alpha value is -2.02. The quantitative estimate of drug-likeness (QED) is 0.666. The molecule has 3 heterocycles. The van der Waals surface area contributed by atoms with Crippen molar-refractivity contribution in [2.24, 2.45) is 0 Å². The lowest BCUT2D eigenvalue weighted by molar-refractivity contribution is -0.130. The van der Waals surface area contributed by atoms with Gasteiger partial charge in [-0.1, -0.05) is 0 Å². The van der Waals surface area contributed by atoms with Gasteiger partial charge in [0, 0.05) is 17.7 Å². The lowest BCUT2D eigenvalue weighted by atomic mass is 9.99. The Balaban J connectivity index is 1.52. The van der Waals surface area contributed by atoms with Crippen molar-refractivity contribution in [2.75, 3.05) is 24.7 Å². The van der Waals surface area contributed by atoms with Gasteiger partial charge in [-0.25, -0.2) is 4.79 Å². The molecule has 23 heavy (non-hydrogen) atoms. The lowest BCUT2D eigenvalue weighted by Gasteiger charge is -2.19. The predicted octanol–water partition coefficient (Wildman–Crippen LogP) is 1.23. The van der Waals surface area contributed by atoms with E-state index in [1.807, 2.05) is 0 Å². The molecule has 0 bridgehead atoms. The van der Waals surface area contributed by atoms with Crippen molar-refractivity contribution < 1.29 is 19.1 Å². The topological polar surface area (TPSA) is 75.7 Å². The largest absolute Gasteiger partial charge is 0.493 e. The van der Waals surface area contributed by atoms with E-state index >= 15 is 0 Å². The average molecular weight is 332 g/mol. The number of rotatable bonds is 3. The monoisotopic (exact) mass is 332 g/mol. The summed E-state index contributed by atoms with van der Waals surface area (Å²) in [5, 5.41) is 2.77. The predicted molar refractivity (Wildman–Crippen MR) is 84.9 cm³/mol. The number of imide groups is 1. The van der Waals surface area contributed by atoms with E-state index in [1.165, 1.54) is 0 Å². The molecule has 0 aliphatic carbocycles. The Kier molecular flexibility index (Phi) is 3.33. The molecule has 1 aromatic rings. The summed E-state index contributed by atoms with van der Waals surface area (Å²) in [5.74, 6) is 1.73. The Morgan fingerprint density at radius 2 is 2.26 bits per heavy atom. The van der Waals surface area contributed by atoms with Crippen LogP contribution in [-0.4, -0.2) is 52.8 Å². The number of amides is 3. The van der Waals surface area contributed by atoms with Crippen molar-refractivity contribution in [3.63, 3.8) is 0 Å². The van der Waals surface area contributed by atoms with Gasteiger partial charge in [-0.05, 0) is 35.9 Å². The number of nitrogens with one attached hydrogen (secondary N) is 1. The molecule has 0 unspecified atom stereocenters. The van der Waals surface area contributed by atoms with Gasteiger partial charge in [0.1, 0.15) is 11.3 Å². The standard InChI is InChI=1S/C16H16N2O4S/c19-12(10-1-2-13-11(7-10)3-5-22-13)8-18-14(20)16(17-15(18)21)4-6-23-9-16/h1-2,7H,3-6,8-9H2,(H,17,21)/t16-/m0/s1. The number of urea groups is 1. The van der Waals surface area contributed by atoms with Gasteiger partial charge in [-0.15, -0.1) is 0 Å². The van der Waals surface area contributed by atoms with Crippen LogP contribution < -0.4 is 10.1 Å². The van der Waals surface area contributed by atoms with Crippen molar-refractivity contribution >= 4 is 29.5 Å². The van der Waals surface area contributed by atoms with Crippen LogP contribution in [0, 0.1) is 0 Å². The van der Waals surface area contributed by atoms with E-state index in [1.54, 1.807) is 30.0 Å². The van der Waals surface area contributed by atoms with Gasteiger partial charge in [-0.2, -0.15) is 11.8 Å². The third-order valence-electron chi connectivity index (χ3n) is 4.58. The normalized spacial score (nSPS) is 25.7. The van der Waals surface area contributed by atoms with Crippen LogP contribution in [0.2, 0.25) is 0 Å². The Labute approximate surface area is 137 Å². The number of nitrogens with zero attached hydrogens (tertiary/aromatic N) is 1. The Bertz CT molecular complexity index is 712. The third kappa shape index (κ3) is 2.30. The molecule has 0 radical (unpaired) electrons. The molecule has 1 N–H and O–H groups in total. The Morgan fingerprint density at radius 3 is 3.04 bits per heavy atom. The fraction of sp³-hybridized carbons (Fsp3) is 0.438. The van der Waals surface area contributed by atoms with Gasteiger partial charge in [0.2, 0.25) is 0 Å². The number of benzene rings is 1. The highest BCUT2D eigenvalue weighted by molar-refractivity contribution is 7.99. The smallest absolute Gasteiger partial charge is 0.325 e. The van der Waals surface area contributed by atoms with Crippen molar-refractivity contribution in [1.82, 2.24) is 10.2 Å². The summed E-state index contributed by atoms with van der Waals surface area (Å²) < 4.78 is 5.42. The van der Waals surface area contributed by atoms with Crippen molar-refractivity contribution in [2.45, 2.75) is 18.4 Å². The zero-order chi connectivity index (χ0) is 16.0. The number of ketones is 1. The molecular weight excluding hydrogens is 316 g/mol. The molecule has 2 saturated heterocycles. The van der Waals surface area contributed by atoms with E-state index in [-0.39, 0.29) is 18.2 Å². The minimum atomic E-state index is -0.798. The van der Waals surface area contributed by atoms with Crippen LogP contribution in [0.4, 0.5) is 4.79 Å². The summed E-state index contributed by atoms with van der Waals surface area (Å²) in [7, 11) is 0. The fourth-order valence-corrected chi connectivity index (χ4v) is 4.57. The van der Waals surface area contributed by atoms with Crippen LogP contribution in [0.25, 0.3) is 0 Å². The van der Waals surface area contributed by atoms with Gasteiger partial charge >= 0.3 is 6.03 Å². The molecule has 2 fully saturated rings. The second-order valence-electron chi connectivity index (χ2n) is 6.05. The fourth-order valence-electron chi connectivity index (χ4n) is 3.25. The van der Waals surface area contributed by atoms with E-state index in [0.717, 1.165) is 28.4 Å². The van der Waals surface area contributed by atoms with Crippen LogP contribution in [0.1, 0.15) is 22.3 Å². The molecule has 1 aromatic carbocycles. The van der Waals surface area contributed by atoms with Gasteiger partial charge in [0.05, 0.1) is 13.2 Å². The summed E-state index contributed by atoms with van der Waals surface area (Å²) in [6, 6.07) is 4.79. The molecule has 3 amide bonds. The summed E-state index contributed by atoms with van der Waals surface area (Å²) in [4.78, 5) is 38.2. The van der Waals surface area contributed by atoms with Gasteiger partial charge in [0.15, 0.2) is 5.78 Å². The minimum Gasteiger partial charge on any atom is -0.493 e. The van der Waals surface area contributed by atoms with E-state index in [4.69, 9.17) is 4.74 Å². The number of ether oxygens (including phenoxy) is 1. The molecule has 1 atom stereocenters. The van der Waals surface area contributed by atoms with Gasteiger partial charge < -0.3 is 10.1 Å². The second kappa shape index (κ2) is 5.26.